The Hall–Kier alpha value is -2.22. The first-order chi connectivity index (χ1) is 9.54. The Labute approximate surface area is 115 Å². The summed E-state index contributed by atoms with van der Waals surface area (Å²) in [7, 11) is 1.70. The predicted octanol–water partition coefficient (Wildman–Crippen LogP) is -0.576. The average Bonchev–Trinajstić information content (AvgIpc) is 2.97. The van der Waals surface area contributed by atoms with Crippen molar-refractivity contribution < 1.29 is 9.90 Å². The molecule has 3 atom stereocenters. The molecule has 1 aliphatic carbocycles. The van der Waals surface area contributed by atoms with Crippen LogP contribution in [0.4, 0.5) is 0 Å². The first-order valence-electron chi connectivity index (χ1n) is 6.40. The van der Waals surface area contributed by atoms with Gasteiger partial charge in [-0.05, 0) is 18.9 Å². The van der Waals surface area contributed by atoms with E-state index in [-0.39, 0.29) is 23.8 Å². The number of nitrogens with zero attached hydrogens (tertiary/aromatic N) is 5. The van der Waals surface area contributed by atoms with E-state index in [1.54, 1.807) is 17.9 Å². The van der Waals surface area contributed by atoms with E-state index >= 15 is 0 Å². The molecule has 2 N–H and O–H groups in total. The molecule has 0 saturated heterocycles. The highest BCUT2D eigenvalue weighted by molar-refractivity contribution is 5.90. The van der Waals surface area contributed by atoms with Crippen LogP contribution in [0.2, 0.25) is 0 Å². The van der Waals surface area contributed by atoms with Crippen molar-refractivity contribution in [3.8, 4) is 0 Å². The number of aliphatic hydroxyl groups excluding tert-OH is 1. The van der Waals surface area contributed by atoms with Crippen LogP contribution in [0.3, 0.4) is 0 Å². The molecule has 2 aromatic heterocycles. The molecule has 0 aromatic carbocycles. The summed E-state index contributed by atoms with van der Waals surface area (Å²) in [6.07, 6.45) is 5.05. The minimum atomic E-state index is -0.503. The zero-order chi connectivity index (χ0) is 14.3. The number of hydrogen-bond donors (Lipinski definition) is 2. The van der Waals surface area contributed by atoms with Gasteiger partial charge in [-0.15, -0.1) is 5.10 Å². The van der Waals surface area contributed by atoms with E-state index in [0.717, 1.165) is 5.56 Å². The zero-order valence-electron chi connectivity index (χ0n) is 11.3. The van der Waals surface area contributed by atoms with Gasteiger partial charge >= 0.3 is 0 Å². The topological polar surface area (TPSA) is 97.9 Å². The SMILES string of the molecule is Cc1cnn([C@H]2[C@H](O)C[C@@H]2NC(=O)c2ncn(C)n2)c1. The molecule has 0 aliphatic heterocycles. The van der Waals surface area contributed by atoms with Crippen molar-refractivity contribution in [2.24, 2.45) is 7.05 Å². The van der Waals surface area contributed by atoms with Crippen LogP contribution in [0.15, 0.2) is 18.7 Å². The largest absolute Gasteiger partial charge is 0.391 e. The smallest absolute Gasteiger partial charge is 0.291 e. The lowest BCUT2D eigenvalue weighted by molar-refractivity contribution is -0.00605. The standard InChI is InChI=1S/C12H16N6O2/c1-7-4-14-18(5-7)10-8(3-9(10)19)15-12(20)11-13-6-17(2)16-11/h4-6,8-10,19H,3H2,1-2H3,(H,15,20)/t8-,9+,10+/m0/s1. The fourth-order valence-corrected chi connectivity index (χ4v) is 2.39. The van der Waals surface area contributed by atoms with Gasteiger partial charge in [0.2, 0.25) is 5.82 Å². The molecule has 2 heterocycles. The minimum Gasteiger partial charge on any atom is -0.391 e. The number of aliphatic hydroxyl groups is 1. The number of aromatic nitrogens is 5. The van der Waals surface area contributed by atoms with E-state index in [9.17, 15) is 9.90 Å². The lowest BCUT2D eigenvalue weighted by atomic mass is 9.83. The highest BCUT2D eigenvalue weighted by atomic mass is 16.3. The fraction of sp³-hybridized carbons (Fsp3) is 0.500. The van der Waals surface area contributed by atoms with Crippen molar-refractivity contribution in [1.82, 2.24) is 29.9 Å². The molecule has 8 heteroatoms. The van der Waals surface area contributed by atoms with Gasteiger partial charge in [-0.25, -0.2) is 4.98 Å². The maximum atomic E-state index is 12.0. The Kier molecular flexibility index (Phi) is 3.01. The molecule has 106 valence electrons. The average molecular weight is 276 g/mol. The molecule has 3 rings (SSSR count). The van der Waals surface area contributed by atoms with Gasteiger partial charge in [0.05, 0.1) is 24.4 Å². The summed E-state index contributed by atoms with van der Waals surface area (Å²) in [5.41, 5.74) is 1.01. The summed E-state index contributed by atoms with van der Waals surface area (Å²) in [4.78, 5) is 15.9. The second kappa shape index (κ2) is 4.71. The second-order valence-corrected chi connectivity index (χ2v) is 5.11. The molecule has 0 radical (unpaired) electrons. The number of carbonyl (C=O) groups excluding carboxylic acids is 1. The van der Waals surface area contributed by atoms with E-state index < -0.39 is 6.10 Å². The van der Waals surface area contributed by atoms with Crippen LogP contribution in [0.5, 0.6) is 0 Å². The molecule has 0 bridgehead atoms. The summed E-state index contributed by atoms with van der Waals surface area (Å²) in [5, 5.41) is 20.9. The van der Waals surface area contributed by atoms with Gasteiger partial charge in [0.15, 0.2) is 0 Å². The van der Waals surface area contributed by atoms with Crippen molar-refractivity contribution in [1.29, 1.82) is 0 Å². The normalized spacial score (nSPS) is 25.2. The van der Waals surface area contributed by atoms with Crippen molar-refractivity contribution >= 4 is 5.91 Å². The summed E-state index contributed by atoms with van der Waals surface area (Å²) in [6.45, 7) is 1.93. The summed E-state index contributed by atoms with van der Waals surface area (Å²) in [6, 6.07) is -0.406. The van der Waals surface area contributed by atoms with Crippen LogP contribution >= 0.6 is 0 Å². The molecular formula is C12H16N6O2. The molecule has 8 nitrogen and oxygen atoms in total. The van der Waals surface area contributed by atoms with Crippen molar-refractivity contribution in [2.75, 3.05) is 0 Å². The van der Waals surface area contributed by atoms with E-state index in [0.29, 0.717) is 6.42 Å². The van der Waals surface area contributed by atoms with Crippen LogP contribution < -0.4 is 5.32 Å². The van der Waals surface area contributed by atoms with Crippen LogP contribution in [0.1, 0.15) is 28.6 Å². The number of hydrogen-bond acceptors (Lipinski definition) is 5. The Morgan fingerprint density at radius 1 is 1.55 bits per heavy atom. The van der Waals surface area contributed by atoms with Crippen molar-refractivity contribution in [3.05, 3.63) is 30.1 Å². The number of carbonyl (C=O) groups is 1. The van der Waals surface area contributed by atoms with Gasteiger partial charge < -0.3 is 10.4 Å². The maximum absolute atomic E-state index is 12.0. The third-order valence-corrected chi connectivity index (χ3v) is 3.46. The van der Waals surface area contributed by atoms with Crippen LogP contribution in [-0.2, 0) is 7.05 Å². The number of aryl methyl sites for hydroxylation is 2. The van der Waals surface area contributed by atoms with Crippen LogP contribution in [0.25, 0.3) is 0 Å². The molecule has 2 aromatic rings. The van der Waals surface area contributed by atoms with Gasteiger partial charge in [-0.2, -0.15) is 5.10 Å². The maximum Gasteiger partial charge on any atom is 0.291 e. The first-order valence-corrected chi connectivity index (χ1v) is 6.40. The van der Waals surface area contributed by atoms with Gasteiger partial charge in [0.25, 0.3) is 5.91 Å². The Morgan fingerprint density at radius 2 is 2.35 bits per heavy atom. The molecule has 20 heavy (non-hydrogen) atoms. The number of amides is 1. The third kappa shape index (κ3) is 2.18. The molecule has 0 spiro atoms. The van der Waals surface area contributed by atoms with Gasteiger partial charge in [-0.3, -0.25) is 14.2 Å². The van der Waals surface area contributed by atoms with E-state index in [1.165, 1.54) is 11.0 Å². The highest BCUT2D eigenvalue weighted by Gasteiger charge is 2.43. The number of nitrogens with one attached hydrogen (secondary N) is 1. The van der Waals surface area contributed by atoms with E-state index in [1.807, 2.05) is 13.1 Å². The third-order valence-electron chi connectivity index (χ3n) is 3.46. The second-order valence-electron chi connectivity index (χ2n) is 5.11. The summed E-state index contributed by atoms with van der Waals surface area (Å²) in [5.74, 6) is -0.208. The fourth-order valence-electron chi connectivity index (χ4n) is 2.39. The molecule has 1 aliphatic rings. The zero-order valence-corrected chi connectivity index (χ0v) is 11.3. The summed E-state index contributed by atoms with van der Waals surface area (Å²) < 4.78 is 3.17. The Bertz CT molecular complexity index is 633. The molecule has 1 saturated carbocycles. The van der Waals surface area contributed by atoms with Gasteiger partial charge in [-0.1, -0.05) is 0 Å². The minimum absolute atomic E-state index is 0.129. The van der Waals surface area contributed by atoms with Gasteiger partial charge in [0, 0.05) is 13.2 Å². The molecule has 1 fully saturated rings. The van der Waals surface area contributed by atoms with Crippen LogP contribution in [-0.4, -0.2) is 47.7 Å². The molecule has 1 amide bonds. The van der Waals surface area contributed by atoms with Crippen LogP contribution in [0, 0.1) is 6.92 Å². The van der Waals surface area contributed by atoms with E-state index in [4.69, 9.17) is 0 Å². The quantitative estimate of drug-likeness (QED) is 0.782. The van der Waals surface area contributed by atoms with Crippen molar-refractivity contribution in [3.63, 3.8) is 0 Å². The van der Waals surface area contributed by atoms with Crippen molar-refractivity contribution in [2.45, 2.75) is 31.5 Å². The van der Waals surface area contributed by atoms with E-state index in [2.05, 4.69) is 20.5 Å². The first kappa shape index (κ1) is 12.8. The molecule has 0 unspecified atom stereocenters. The monoisotopic (exact) mass is 276 g/mol. The lowest BCUT2D eigenvalue weighted by Crippen LogP contribution is -2.56. The number of rotatable bonds is 3. The Balaban J connectivity index is 1.70. The predicted molar refractivity (Wildman–Crippen MR) is 68.9 cm³/mol. The molecular weight excluding hydrogens is 260 g/mol. The highest BCUT2D eigenvalue weighted by Crippen LogP contribution is 2.32. The Morgan fingerprint density at radius 3 is 2.90 bits per heavy atom. The lowest BCUT2D eigenvalue weighted by Gasteiger charge is -2.41. The summed E-state index contributed by atoms with van der Waals surface area (Å²) >= 11 is 0. The van der Waals surface area contributed by atoms with Gasteiger partial charge in [0.1, 0.15) is 6.33 Å².